The van der Waals surface area contributed by atoms with Gasteiger partial charge in [0.15, 0.2) is 6.10 Å². The third kappa shape index (κ3) is 45.9. The minimum atomic E-state index is -0.763. The zero-order valence-corrected chi connectivity index (χ0v) is 41.3. The highest BCUT2D eigenvalue weighted by Gasteiger charge is 2.19. The van der Waals surface area contributed by atoms with Crippen molar-refractivity contribution in [2.24, 2.45) is 17.8 Å². The zero-order chi connectivity index (χ0) is 44.2. The van der Waals surface area contributed by atoms with E-state index in [9.17, 15) is 14.4 Å². The van der Waals surface area contributed by atoms with Crippen LogP contribution in [0.25, 0.3) is 0 Å². The van der Waals surface area contributed by atoms with Crippen LogP contribution in [0.4, 0.5) is 0 Å². The van der Waals surface area contributed by atoms with Crippen LogP contribution in [-0.4, -0.2) is 37.2 Å². The van der Waals surface area contributed by atoms with Gasteiger partial charge in [0.05, 0.1) is 0 Å². The number of unbranched alkanes of at least 4 members (excludes halogenated alkanes) is 29. The molecule has 356 valence electrons. The number of ether oxygens (including phenoxy) is 3. The third-order valence-electron chi connectivity index (χ3n) is 12.5. The standard InChI is InChI=1S/C54H104O6/c1-7-50(6)42-36-30-24-17-14-15-19-27-33-39-45-54(57)60-51(47-59-53(56)44-38-32-26-21-20-23-29-35-41-49(4)5)46-58-52(55)43-37-31-25-18-13-11-9-8-10-12-16-22-28-34-40-48(2)3/h48-51H,7-47H2,1-6H3/t50?,51-/m0/s1. The summed E-state index contributed by atoms with van der Waals surface area (Å²) in [6.45, 7) is 13.7. The Bertz CT molecular complexity index is 931. The molecule has 0 rings (SSSR count). The Morgan fingerprint density at radius 2 is 0.583 bits per heavy atom. The summed E-state index contributed by atoms with van der Waals surface area (Å²) in [5.41, 5.74) is 0. The molecule has 0 saturated heterocycles. The maximum Gasteiger partial charge on any atom is 0.306 e. The van der Waals surface area contributed by atoms with Gasteiger partial charge in [0.1, 0.15) is 13.2 Å². The molecule has 0 saturated carbocycles. The van der Waals surface area contributed by atoms with Crippen LogP contribution in [0.15, 0.2) is 0 Å². The number of esters is 3. The summed E-state index contributed by atoms with van der Waals surface area (Å²) in [5.74, 6) is 1.66. The lowest BCUT2D eigenvalue weighted by Gasteiger charge is -2.18. The van der Waals surface area contributed by atoms with E-state index in [0.29, 0.717) is 19.3 Å². The molecule has 0 N–H and O–H groups in total. The summed E-state index contributed by atoms with van der Waals surface area (Å²) in [6, 6.07) is 0. The second-order valence-electron chi connectivity index (χ2n) is 19.7. The molecular weight excluding hydrogens is 745 g/mol. The highest BCUT2D eigenvalue weighted by molar-refractivity contribution is 5.71. The first-order chi connectivity index (χ1) is 29.1. The summed E-state index contributed by atoms with van der Waals surface area (Å²) in [7, 11) is 0. The van der Waals surface area contributed by atoms with Crippen LogP contribution < -0.4 is 0 Å². The van der Waals surface area contributed by atoms with Crippen LogP contribution >= 0.6 is 0 Å². The normalized spacial score (nSPS) is 12.6. The first-order valence-electron chi connectivity index (χ1n) is 26.6. The van der Waals surface area contributed by atoms with Crippen molar-refractivity contribution in [2.45, 2.75) is 298 Å². The fourth-order valence-corrected chi connectivity index (χ4v) is 8.08. The van der Waals surface area contributed by atoms with Crippen molar-refractivity contribution in [3.05, 3.63) is 0 Å². The van der Waals surface area contributed by atoms with Gasteiger partial charge >= 0.3 is 17.9 Å². The molecule has 0 heterocycles. The molecule has 0 aromatic rings. The van der Waals surface area contributed by atoms with Crippen molar-refractivity contribution < 1.29 is 28.6 Å². The average Bonchev–Trinajstić information content (AvgIpc) is 3.22. The maximum atomic E-state index is 12.8. The SMILES string of the molecule is CCC(C)CCCCCCCCCCCCC(=O)O[C@@H](COC(=O)CCCCCCCCCCCCCCCCC(C)C)COC(=O)CCCCCCCCCCC(C)C. The smallest absolute Gasteiger partial charge is 0.306 e. The monoisotopic (exact) mass is 849 g/mol. The van der Waals surface area contributed by atoms with E-state index in [0.717, 1.165) is 75.5 Å². The minimum absolute atomic E-state index is 0.0647. The summed E-state index contributed by atoms with van der Waals surface area (Å²) in [6.07, 6.45) is 45.2. The summed E-state index contributed by atoms with van der Waals surface area (Å²) < 4.78 is 16.8. The fraction of sp³-hybridized carbons (Fsp3) is 0.944. The van der Waals surface area contributed by atoms with Crippen LogP contribution in [0.1, 0.15) is 292 Å². The van der Waals surface area contributed by atoms with Crippen molar-refractivity contribution >= 4 is 17.9 Å². The molecule has 2 atom stereocenters. The van der Waals surface area contributed by atoms with Crippen molar-refractivity contribution in [2.75, 3.05) is 13.2 Å². The lowest BCUT2D eigenvalue weighted by Crippen LogP contribution is -2.30. The molecule has 0 amide bonds. The molecule has 6 heteroatoms. The van der Waals surface area contributed by atoms with E-state index in [4.69, 9.17) is 14.2 Å². The van der Waals surface area contributed by atoms with Gasteiger partial charge in [0.2, 0.25) is 0 Å². The Balaban J connectivity index is 4.30. The predicted octanol–water partition coefficient (Wildman–Crippen LogP) is 17.2. The van der Waals surface area contributed by atoms with Gasteiger partial charge in [-0.05, 0) is 37.0 Å². The molecule has 0 radical (unpaired) electrons. The average molecular weight is 849 g/mol. The van der Waals surface area contributed by atoms with E-state index in [2.05, 4.69) is 41.5 Å². The Kier molecular flexibility index (Phi) is 44.2. The predicted molar refractivity (Wildman–Crippen MR) is 256 cm³/mol. The molecule has 0 aliphatic rings. The van der Waals surface area contributed by atoms with Crippen LogP contribution in [0.5, 0.6) is 0 Å². The molecule has 0 spiro atoms. The first kappa shape index (κ1) is 58.4. The fourth-order valence-electron chi connectivity index (χ4n) is 8.08. The Labute approximate surface area is 374 Å². The second-order valence-corrected chi connectivity index (χ2v) is 19.7. The lowest BCUT2D eigenvalue weighted by atomic mass is 9.99. The number of carbonyl (C=O) groups is 3. The topological polar surface area (TPSA) is 78.9 Å². The molecule has 1 unspecified atom stereocenters. The van der Waals surface area contributed by atoms with Crippen LogP contribution in [-0.2, 0) is 28.6 Å². The highest BCUT2D eigenvalue weighted by atomic mass is 16.6. The molecule has 0 bridgehead atoms. The van der Waals surface area contributed by atoms with Crippen LogP contribution in [0, 0.1) is 17.8 Å². The van der Waals surface area contributed by atoms with Gasteiger partial charge in [-0.15, -0.1) is 0 Å². The summed E-state index contributed by atoms with van der Waals surface area (Å²) >= 11 is 0. The van der Waals surface area contributed by atoms with Gasteiger partial charge in [-0.1, -0.05) is 253 Å². The summed E-state index contributed by atoms with van der Waals surface area (Å²) in [4.78, 5) is 38.0. The third-order valence-corrected chi connectivity index (χ3v) is 12.5. The van der Waals surface area contributed by atoms with E-state index in [1.165, 1.54) is 173 Å². The molecular formula is C54H104O6. The number of hydrogen-bond donors (Lipinski definition) is 0. The summed E-state index contributed by atoms with van der Waals surface area (Å²) in [5, 5.41) is 0. The minimum Gasteiger partial charge on any atom is -0.462 e. The molecule has 0 aromatic heterocycles. The molecule has 0 aliphatic carbocycles. The Hall–Kier alpha value is -1.59. The van der Waals surface area contributed by atoms with Gasteiger partial charge in [0.25, 0.3) is 0 Å². The van der Waals surface area contributed by atoms with Gasteiger partial charge in [-0.25, -0.2) is 0 Å². The number of carbonyl (C=O) groups excluding carboxylic acids is 3. The second kappa shape index (κ2) is 45.4. The van der Waals surface area contributed by atoms with E-state index in [1.807, 2.05) is 0 Å². The lowest BCUT2D eigenvalue weighted by molar-refractivity contribution is -0.167. The molecule has 0 aromatic carbocycles. The van der Waals surface area contributed by atoms with Crippen molar-refractivity contribution in [1.29, 1.82) is 0 Å². The quantitative estimate of drug-likeness (QED) is 0.0345. The Morgan fingerprint density at radius 3 is 0.867 bits per heavy atom. The van der Waals surface area contributed by atoms with Gasteiger partial charge in [-0.3, -0.25) is 14.4 Å². The highest BCUT2D eigenvalue weighted by Crippen LogP contribution is 2.18. The number of hydrogen-bond acceptors (Lipinski definition) is 6. The van der Waals surface area contributed by atoms with E-state index in [-0.39, 0.29) is 31.1 Å². The van der Waals surface area contributed by atoms with Gasteiger partial charge < -0.3 is 14.2 Å². The molecule has 0 fully saturated rings. The van der Waals surface area contributed by atoms with Gasteiger partial charge in [-0.2, -0.15) is 0 Å². The van der Waals surface area contributed by atoms with E-state index in [1.54, 1.807) is 0 Å². The molecule has 6 nitrogen and oxygen atoms in total. The first-order valence-corrected chi connectivity index (χ1v) is 26.6. The van der Waals surface area contributed by atoms with Crippen molar-refractivity contribution in [3.63, 3.8) is 0 Å². The zero-order valence-electron chi connectivity index (χ0n) is 41.3. The van der Waals surface area contributed by atoms with E-state index >= 15 is 0 Å². The molecule has 0 aliphatic heterocycles. The largest absolute Gasteiger partial charge is 0.462 e. The van der Waals surface area contributed by atoms with Gasteiger partial charge in [0, 0.05) is 19.3 Å². The maximum absolute atomic E-state index is 12.8. The number of rotatable bonds is 47. The van der Waals surface area contributed by atoms with Crippen LogP contribution in [0.2, 0.25) is 0 Å². The Morgan fingerprint density at radius 1 is 0.333 bits per heavy atom. The molecule has 60 heavy (non-hydrogen) atoms. The van der Waals surface area contributed by atoms with Crippen LogP contribution in [0.3, 0.4) is 0 Å². The van der Waals surface area contributed by atoms with Crippen molar-refractivity contribution in [3.8, 4) is 0 Å². The van der Waals surface area contributed by atoms with Crippen molar-refractivity contribution in [1.82, 2.24) is 0 Å². The van der Waals surface area contributed by atoms with E-state index < -0.39 is 6.10 Å².